The summed E-state index contributed by atoms with van der Waals surface area (Å²) in [4.78, 5) is 10.5. The molecule has 0 aliphatic heterocycles. The minimum Gasteiger partial charge on any atom is -0.228 e. The highest BCUT2D eigenvalue weighted by atomic mass is 14.9. The molecule has 12 rings (SSSR count). The standard InChI is InChI=1S/C59H38N2/c1-4-15-41(16-5-1)58-60-56(40-29-27-39(28-30-40)48-24-14-25-49-50(48)33-31-44-35-42-17-10-11-18-43(42)36-53(44)49)38-57(61-58)45-32-34-52-51-23-12-13-26-54(51)59(55(52)37-45,46-19-6-2-7-20-46)47-21-8-3-9-22-47/h1-38H. The van der Waals surface area contributed by atoms with Gasteiger partial charge in [0.15, 0.2) is 5.82 Å². The minimum absolute atomic E-state index is 0.500. The lowest BCUT2D eigenvalue weighted by atomic mass is 9.67. The van der Waals surface area contributed by atoms with Crippen LogP contribution in [0.15, 0.2) is 231 Å². The fourth-order valence-corrected chi connectivity index (χ4v) is 9.92. The Morgan fingerprint density at radius 3 is 1.59 bits per heavy atom. The molecule has 284 valence electrons. The average molecular weight is 775 g/mol. The van der Waals surface area contributed by atoms with E-state index in [1.165, 1.54) is 76.8 Å². The first-order valence-corrected chi connectivity index (χ1v) is 21.0. The Labute approximate surface area is 355 Å². The summed E-state index contributed by atoms with van der Waals surface area (Å²) in [7, 11) is 0. The summed E-state index contributed by atoms with van der Waals surface area (Å²) in [5.41, 5.74) is 14.3. The minimum atomic E-state index is -0.500. The molecular formula is C59H38N2. The number of rotatable bonds is 6. The second-order valence-corrected chi connectivity index (χ2v) is 16.1. The Bertz CT molecular complexity index is 3410. The second kappa shape index (κ2) is 14.1. The molecule has 0 atom stereocenters. The molecule has 0 radical (unpaired) electrons. The van der Waals surface area contributed by atoms with Gasteiger partial charge in [0.1, 0.15) is 0 Å². The molecule has 1 aliphatic carbocycles. The van der Waals surface area contributed by atoms with Gasteiger partial charge in [0, 0.05) is 16.7 Å². The number of benzene rings is 10. The number of hydrogen-bond acceptors (Lipinski definition) is 2. The van der Waals surface area contributed by atoms with Crippen LogP contribution in [-0.2, 0) is 5.41 Å². The summed E-state index contributed by atoms with van der Waals surface area (Å²) >= 11 is 0. The van der Waals surface area contributed by atoms with E-state index in [9.17, 15) is 0 Å². The monoisotopic (exact) mass is 774 g/mol. The van der Waals surface area contributed by atoms with Crippen LogP contribution in [0.5, 0.6) is 0 Å². The van der Waals surface area contributed by atoms with Crippen molar-refractivity contribution in [2.75, 3.05) is 0 Å². The van der Waals surface area contributed by atoms with Gasteiger partial charge in [-0.15, -0.1) is 0 Å². The fraction of sp³-hybridized carbons (Fsp3) is 0.0169. The smallest absolute Gasteiger partial charge is 0.160 e. The van der Waals surface area contributed by atoms with Crippen molar-refractivity contribution < 1.29 is 0 Å². The molecule has 0 fully saturated rings. The largest absolute Gasteiger partial charge is 0.228 e. The van der Waals surface area contributed by atoms with E-state index in [-0.39, 0.29) is 0 Å². The van der Waals surface area contributed by atoms with Gasteiger partial charge in [-0.1, -0.05) is 206 Å². The zero-order valence-corrected chi connectivity index (χ0v) is 33.3. The number of nitrogens with zero attached hydrogens (tertiary/aromatic N) is 2. The first-order valence-electron chi connectivity index (χ1n) is 21.0. The van der Waals surface area contributed by atoms with Crippen molar-refractivity contribution in [2.45, 2.75) is 5.41 Å². The highest BCUT2D eigenvalue weighted by molar-refractivity contribution is 6.15. The Kier molecular flexibility index (Phi) is 8.11. The summed E-state index contributed by atoms with van der Waals surface area (Å²) in [6.45, 7) is 0. The molecule has 1 aromatic heterocycles. The third kappa shape index (κ3) is 5.64. The quantitative estimate of drug-likeness (QED) is 0.124. The number of hydrogen-bond donors (Lipinski definition) is 0. The third-order valence-electron chi connectivity index (χ3n) is 12.7. The topological polar surface area (TPSA) is 25.8 Å². The van der Waals surface area contributed by atoms with Crippen LogP contribution < -0.4 is 0 Å². The summed E-state index contributed by atoms with van der Waals surface area (Å²) in [6.07, 6.45) is 0. The van der Waals surface area contributed by atoms with Gasteiger partial charge in [0.2, 0.25) is 0 Å². The maximum atomic E-state index is 5.30. The van der Waals surface area contributed by atoms with Crippen molar-refractivity contribution in [3.63, 3.8) is 0 Å². The summed E-state index contributed by atoms with van der Waals surface area (Å²) < 4.78 is 0. The van der Waals surface area contributed by atoms with E-state index >= 15 is 0 Å². The molecule has 0 unspecified atom stereocenters. The molecule has 0 spiro atoms. The van der Waals surface area contributed by atoms with Crippen LogP contribution in [0.2, 0.25) is 0 Å². The zero-order chi connectivity index (χ0) is 40.3. The third-order valence-corrected chi connectivity index (χ3v) is 12.7. The molecule has 0 saturated carbocycles. The van der Waals surface area contributed by atoms with E-state index < -0.39 is 5.41 Å². The van der Waals surface area contributed by atoms with Crippen LogP contribution in [0, 0.1) is 0 Å². The fourth-order valence-electron chi connectivity index (χ4n) is 9.92. The van der Waals surface area contributed by atoms with Crippen LogP contribution in [-0.4, -0.2) is 9.97 Å². The summed E-state index contributed by atoms with van der Waals surface area (Å²) in [5, 5.41) is 7.56. The molecule has 11 aromatic rings. The molecular weight excluding hydrogens is 737 g/mol. The molecule has 10 aromatic carbocycles. The van der Waals surface area contributed by atoms with Gasteiger partial charge in [0.25, 0.3) is 0 Å². The van der Waals surface area contributed by atoms with Crippen molar-refractivity contribution in [1.82, 2.24) is 9.97 Å². The SMILES string of the molecule is c1ccc(-c2nc(-c3ccc(-c4cccc5c4ccc4cc6ccccc6cc45)cc3)cc(-c3ccc4c(c3)C(c3ccccc3)(c3ccccc3)c3ccccc3-4)n2)cc1. The van der Waals surface area contributed by atoms with Crippen molar-refractivity contribution in [3.8, 4) is 56.2 Å². The summed E-state index contributed by atoms with van der Waals surface area (Å²) in [6, 6.07) is 83.5. The summed E-state index contributed by atoms with van der Waals surface area (Å²) in [5.74, 6) is 0.701. The average Bonchev–Trinajstić information content (AvgIpc) is 3.64. The van der Waals surface area contributed by atoms with Gasteiger partial charge in [-0.2, -0.15) is 0 Å². The van der Waals surface area contributed by atoms with Crippen molar-refractivity contribution in [1.29, 1.82) is 0 Å². The van der Waals surface area contributed by atoms with Crippen LogP contribution in [0.25, 0.3) is 88.5 Å². The molecule has 0 amide bonds. The van der Waals surface area contributed by atoms with Crippen molar-refractivity contribution in [2.24, 2.45) is 0 Å². The zero-order valence-electron chi connectivity index (χ0n) is 33.3. The molecule has 0 bridgehead atoms. The van der Waals surface area contributed by atoms with Gasteiger partial charge < -0.3 is 0 Å². The van der Waals surface area contributed by atoms with Crippen molar-refractivity contribution in [3.05, 3.63) is 253 Å². The van der Waals surface area contributed by atoms with E-state index in [1.807, 2.05) is 6.07 Å². The van der Waals surface area contributed by atoms with Crippen LogP contribution in [0.3, 0.4) is 0 Å². The second-order valence-electron chi connectivity index (χ2n) is 16.1. The predicted molar refractivity (Wildman–Crippen MR) is 254 cm³/mol. The van der Waals surface area contributed by atoms with Crippen LogP contribution in [0.1, 0.15) is 22.3 Å². The first-order chi connectivity index (χ1) is 30.2. The van der Waals surface area contributed by atoms with E-state index in [2.05, 4.69) is 224 Å². The maximum Gasteiger partial charge on any atom is 0.160 e. The Hall–Kier alpha value is -7.94. The Morgan fingerprint density at radius 1 is 0.279 bits per heavy atom. The van der Waals surface area contributed by atoms with Gasteiger partial charge in [-0.25, -0.2) is 9.97 Å². The van der Waals surface area contributed by atoms with Crippen LogP contribution in [0.4, 0.5) is 0 Å². The lowest BCUT2D eigenvalue weighted by Crippen LogP contribution is -2.28. The van der Waals surface area contributed by atoms with Crippen LogP contribution >= 0.6 is 0 Å². The molecule has 2 heteroatoms. The van der Waals surface area contributed by atoms with Crippen molar-refractivity contribution >= 4 is 32.3 Å². The van der Waals surface area contributed by atoms with Gasteiger partial charge in [-0.3, -0.25) is 0 Å². The van der Waals surface area contributed by atoms with E-state index in [4.69, 9.17) is 9.97 Å². The van der Waals surface area contributed by atoms with Gasteiger partial charge in [-0.05, 0) is 101 Å². The molecule has 1 aliphatic rings. The lowest BCUT2D eigenvalue weighted by molar-refractivity contribution is 0.768. The lowest BCUT2D eigenvalue weighted by Gasteiger charge is -2.34. The van der Waals surface area contributed by atoms with Gasteiger partial charge >= 0.3 is 0 Å². The first kappa shape index (κ1) is 35.0. The molecule has 1 heterocycles. The Balaban J connectivity index is 0.999. The Morgan fingerprint density at radius 2 is 0.852 bits per heavy atom. The maximum absolute atomic E-state index is 5.30. The van der Waals surface area contributed by atoms with E-state index in [1.54, 1.807) is 0 Å². The molecule has 0 N–H and O–H groups in total. The highest BCUT2D eigenvalue weighted by Gasteiger charge is 2.46. The normalized spacial score (nSPS) is 12.7. The van der Waals surface area contributed by atoms with E-state index in [0.717, 1.165) is 28.1 Å². The molecule has 61 heavy (non-hydrogen) atoms. The molecule has 2 nitrogen and oxygen atoms in total. The number of fused-ring (bicyclic) bond motifs is 7. The highest BCUT2D eigenvalue weighted by Crippen LogP contribution is 2.56. The van der Waals surface area contributed by atoms with E-state index in [0.29, 0.717) is 5.82 Å². The predicted octanol–water partition coefficient (Wildman–Crippen LogP) is 15.0. The number of aromatic nitrogens is 2. The molecule has 0 saturated heterocycles. The van der Waals surface area contributed by atoms with Gasteiger partial charge in [0.05, 0.1) is 16.8 Å².